The topological polar surface area (TPSA) is 41.1 Å². The van der Waals surface area contributed by atoms with Crippen LogP contribution in [-0.4, -0.2) is 24.5 Å². The van der Waals surface area contributed by atoms with Gasteiger partial charge in [0.15, 0.2) is 0 Å². The van der Waals surface area contributed by atoms with Gasteiger partial charge in [0.25, 0.3) is 0 Å². The number of rotatable bonds is 4. The highest BCUT2D eigenvalue weighted by molar-refractivity contribution is 6.09. The molecule has 0 saturated heterocycles. The highest BCUT2D eigenvalue weighted by atomic mass is 15.0. The van der Waals surface area contributed by atoms with E-state index in [1.807, 2.05) is 64.1 Å². The Labute approximate surface area is 241 Å². The van der Waals surface area contributed by atoms with Gasteiger partial charge in [-0.3, -0.25) is 4.99 Å². The van der Waals surface area contributed by atoms with Gasteiger partial charge < -0.3 is 9.98 Å². The molecule has 1 heterocycles. The molecule has 1 aromatic heterocycles. The number of hydrogen-bond acceptors (Lipinski definition) is 2. The molecule has 0 radical (unpaired) electrons. The monoisotopic (exact) mass is 531 g/mol. The van der Waals surface area contributed by atoms with Crippen molar-refractivity contribution in [1.82, 2.24) is 4.57 Å². The Morgan fingerprint density at radius 1 is 0.700 bits per heavy atom. The summed E-state index contributed by atoms with van der Waals surface area (Å²) in [6.45, 7) is 18.8. The second kappa shape index (κ2) is 19.6. The van der Waals surface area contributed by atoms with Gasteiger partial charge in [0.05, 0.1) is 17.6 Å². The molecule has 0 amide bonds. The fraction of sp³-hybridized carbons (Fsp3) is 0.189. The number of aryl methyl sites for hydroxylation is 2. The maximum atomic E-state index is 5.50. The van der Waals surface area contributed by atoms with Crippen LogP contribution < -0.4 is 0 Å². The van der Waals surface area contributed by atoms with E-state index in [9.17, 15) is 0 Å². The van der Waals surface area contributed by atoms with E-state index in [-0.39, 0.29) is 0 Å². The molecular formula is C37H45N3. The van der Waals surface area contributed by atoms with Crippen LogP contribution in [0.4, 0.5) is 0 Å². The largest absolute Gasteiger partial charge is 0.317 e. The molecule has 0 bridgehead atoms. The molecule has 5 aromatic rings. The van der Waals surface area contributed by atoms with Crippen LogP contribution in [0.1, 0.15) is 38.8 Å². The van der Waals surface area contributed by atoms with Crippen LogP contribution in [0, 0.1) is 19.3 Å². The van der Waals surface area contributed by atoms with Gasteiger partial charge in [0.1, 0.15) is 0 Å². The van der Waals surface area contributed by atoms with Crippen LogP contribution in [0.3, 0.4) is 0 Å². The molecule has 0 saturated carbocycles. The van der Waals surface area contributed by atoms with Crippen LogP contribution >= 0.6 is 0 Å². The highest BCUT2D eigenvalue weighted by Crippen LogP contribution is 2.31. The maximum Gasteiger partial charge on any atom is 0.0629 e. The molecule has 0 unspecified atom stereocenters. The van der Waals surface area contributed by atoms with Gasteiger partial charge in [-0.15, -0.1) is 0 Å². The number of fused-ring (bicyclic) bond motifs is 3. The molecule has 40 heavy (non-hydrogen) atoms. The van der Waals surface area contributed by atoms with E-state index in [1.54, 1.807) is 0 Å². The summed E-state index contributed by atoms with van der Waals surface area (Å²) in [4.78, 5) is 3.76. The Kier molecular flexibility index (Phi) is 16.4. The number of benzene rings is 4. The summed E-state index contributed by atoms with van der Waals surface area (Å²) in [5, 5.41) is 8.12. The van der Waals surface area contributed by atoms with Crippen LogP contribution in [0.2, 0.25) is 0 Å². The fourth-order valence-corrected chi connectivity index (χ4v) is 4.01. The summed E-state index contributed by atoms with van der Waals surface area (Å²) in [6, 6.07) is 36.2. The summed E-state index contributed by atoms with van der Waals surface area (Å²) in [6.07, 6.45) is 6.07. The first-order valence-corrected chi connectivity index (χ1v) is 13.7. The fourth-order valence-electron chi connectivity index (χ4n) is 4.01. The van der Waals surface area contributed by atoms with Crippen molar-refractivity contribution in [2.75, 3.05) is 6.54 Å². The van der Waals surface area contributed by atoms with Crippen molar-refractivity contribution in [2.45, 2.75) is 41.5 Å². The average Bonchev–Trinajstić information content (AvgIpc) is 3.35. The van der Waals surface area contributed by atoms with Crippen molar-refractivity contribution in [3.63, 3.8) is 0 Å². The van der Waals surface area contributed by atoms with Crippen molar-refractivity contribution in [3.8, 4) is 5.69 Å². The average molecular weight is 532 g/mol. The van der Waals surface area contributed by atoms with Gasteiger partial charge in [-0.05, 0) is 71.0 Å². The molecule has 0 aliphatic carbocycles. The predicted octanol–water partition coefficient (Wildman–Crippen LogP) is 10.6. The zero-order chi connectivity index (χ0) is 29.8. The molecule has 208 valence electrons. The molecule has 3 heteroatoms. The van der Waals surface area contributed by atoms with E-state index < -0.39 is 0 Å². The van der Waals surface area contributed by atoms with E-state index in [1.165, 1.54) is 44.2 Å². The molecule has 0 spiro atoms. The van der Waals surface area contributed by atoms with Gasteiger partial charge in [-0.25, -0.2) is 0 Å². The van der Waals surface area contributed by atoms with Crippen molar-refractivity contribution in [3.05, 3.63) is 138 Å². The lowest BCUT2D eigenvalue weighted by molar-refractivity contribution is 1.17. The minimum Gasteiger partial charge on any atom is -0.317 e. The van der Waals surface area contributed by atoms with Crippen LogP contribution in [0.25, 0.3) is 27.5 Å². The SMILES string of the molecule is C=N.C=NCC(/C=C\C)=C/C.CC.Cc1ccc(-n2c3ccccc3c3ccccc32)cc1.Cc1ccccc1. The number of hydrogen-bond donors (Lipinski definition) is 1. The Balaban J connectivity index is 0.000000335. The quantitative estimate of drug-likeness (QED) is 0.177. The van der Waals surface area contributed by atoms with Crippen LogP contribution in [-0.2, 0) is 0 Å². The van der Waals surface area contributed by atoms with E-state index >= 15 is 0 Å². The number of nitrogens with one attached hydrogen (secondary N) is 1. The summed E-state index contributed by atoms with van der Waals surface area (Å²) in [7, 11) is 0. The molecule has 5 rings (SSSR count). The molecule has 0 fully saturated rings. The van der Waals surface area contributed by atoms with Crippen LogP contribution in [0.5, 0.6) is 0 Å². The highest BCUT2D eigenvalue weighted by Gasteiger charge is 2.10. The maximum absolute atomic E-state index is 5.50. The summed E-state index contributed by atoms with van der Waals surface area (Å²) in [5.74, 6) is 0. The normalized spacial score (nSPS) is 10.2. The smallest absolute Gasteiger partial charge is 0.0629 e. The minimum atomic E-state index is 0.723. The van der Waals surface area contributed by atoms with E-state index in [0.29, 0.717) is 0 Å². The minimum absolute atomic E-state index is 0.723. The number of allylic oxidation sites excluding steroid dienone is 2. The van der Waals surface area contributed by atoms with Crippen molar-refractivity contribution >= 4 is 35.2 Å². The van der Waals surface area contributed by atoms with E-state index in [2.05, 4.69) is 122 Å². The molecular weight excluding hydrogens is 486 g/mol. The third-order valence-corrected chi connectivity index (χ3v) is 5.86. The molecule has 0 aliphatic rings. The van der Waals surface area contributed by atoms with Gasteiger partial charge >= 0.3 is 0 Å². The third-order valence-electron chi connectivity index (χ3n) is 5.86. The lowest BCUT2D eigenvalue weighted by Gasteiger charge is -2.07. The number of para-hydroxylation sites is 2. The Bertz CT molecular complexity index is 1400. The molecule has 0 aliphatic heterocycles. The summed E-state index contributed by atoms with van der Waals surface area (Å²) < 4.78 is 2.34. The molecule has 3 nitrogen and oxygen atoms in total. The Morgan fingerprint density at radius 3 is 1.55 bits per heavy atom. The van der Waals surface area contributed by atoms with Crippen molar-refractivity contribution in [1.29, 1.82) is 5.41 Å². The Hall–Kier alpha value is -4.50. The lowest BCUT2D eigenvalue weighted by Crippen LogP contribution is -1.93. The molecule has 1 N–H and O–H groups in total. The second-order valence-corrected chi connectivity index (χ2v) is 8.61. The standard InChI is InChI=1S/C19H15N.C8H13N.C7H8.C2H6.CH3N/c1-14-10-12-15(13-11-14)20-18-8-4-2-6-16(18)17-7-3-5-9-19(17)20;1-4-6-8(5-2)7-9-3;1-7-5-3-2-4-6-7;2*1-2/h2-13H,1H3;4-6H,3,7H2,1-2H3;2-6H,1H3;1-2H3;2H,1H2/b;6-4-,8-5+;;;. The number of aliphatic imine (C=N–C) groups is 1. The van der Waals surface area contributed by atoms with Crippen molar-refractivity contribution in [2.24, 2.45) is 4.99 Å². The van der Waals surface area contributed by atoms with Crippen LogP contribution in [0.15, 0.2) is 132 Å². The predicted molar refractivity (Wildman–Crippen MR) is 181 cm³/mol. The zero-order valence-corrected chi connectivity index (χ0v) is 25.1. The third kappa shape index (κ3) is 9.99. The summed E-state index contributed by atoms with van der Waals surface area (Å²) >= 11 is 0. The first-order chi connectivity index (χ1) is 19.6. The zero-order valence-electron chi connectivity index (χ0n) is 25.1. The lowest BCUT2D eigenvalue weighted by atomic mass is 10.2. The molecule has 0 atom stereocenters. The van der Waals surface area contributed by atoms with Crippen molar-refractivity contribution < 1.29 is 0 Å². The Morgan fingerprint density at radius 2 is 1.15 bits per heavy atom. The van der Waals surface area contributed by atoms with Gasteiger partial charge in [-0.2, -0.15) is 0 Å². The molecule has 4 aromatic carbocycles. The summed E-state index contributed by atoms with van der Waals surface area (Å²) in [5.41, 5.74) is 7.56. The van der Waals surface area contributed by atoms with Gasteiger partial charge in [0.2, 0.25) is 0 Å². The second-order valence-electron chi connectivity index (χ2n) is 8.61. The first-order valence-electron chi connectivity index (χ1n) is 13.7. The number of nitrogens with zero attached hydrogens (tertiary/aromatic N) is 2. The van der Waals surface area contributed by atoms with Gasteiger partial charge in [0, 0.05) is 16.5 Å². The number of aromatic nitrogens is 1. The first kappa shape index (κ1) is 33.5. The van der Waals surface area contributed by atoms with E-state index in [4.69, 9.17) is 5.41 Å². The van der Waals surface area contributed by atoms with E-state index in [0.717, 1.165) is 6.54 Å². The van der Waals surface area contributed by atoms with Gasteiger partial charge in [-0.1, -0.05) is 122 Å².